The average Bonchev–Trinajstić information content (AvgIpc) is 3.25. The number of hydrogen-bond donors (Lipinski definition) is 0. The largest absolute Gasteiger partial charge is 0.410 e. The first kappa shape index (κ1) is 45.6. The summed E-state index contributed by atoms with van der Waals surface area (Å²) in [6.45, 7) is 29.5. The van der Waals surface area contributed by atoms with Crippen LogP contribution in [0.1, 0.15) is 68.7 Å². The Morgan fingerprint density at radius 1 is 0.367 bits per heavy atom. The SMILES string of the molecule is CC(C)(O[Si](C)(c1ccccc1)C(C)(C)C)[Si](C)(CCC(C)(C)[Si](OC(C)(C)[Si](C)(c1ccccc1)c1ccccc1)(c1ccccc1)c1ccccc1)c1ccccc1. The van der Waals surface area contributed by atoms with E-state index in [0.717, 1.165) is 12.5 Å². The minimum Gasteiger partial charge on any atom is -0.410 e. The molecule has 0 aliphatic carbocycles. The Balaban J connectivity index is 1.54. The highest BCUT2D eigenvalue weighted by molar-refractivity contribution is 7.05. The van der Waals surface area contributed by atoms with Gasteiger partial charge in [-0.15, -0.1) is 0 Å². The molecule has 60 heavy (non-hydrogen) atoms. The van der Waals surface area contributed by atoms with Crippen LogP contribution in [0.3, 0.4) is 0 Å². The highest BCUT2D eigenvalue weighted by Crippen LogP contribution is 2.49. The molecule has 0 N–H and O–H groups in total. The summed E-state index contributed by atoms with van der Waals surface area (Å²) in [4.78, 5) is 0. The molecule has 6 heteroatoms. The van der Waals surface area contributed by atoms with Gasteiger partial charge < -0.3 is 8.85 Å². The van der Waals surface area contributed by atoms with Crippen molar-refractivity contribution < 1.29 is 8.85 Å². The van der Waals surface area contributed by atoms with Gasteiger partial charge in [0.25, 0.3) is 8.32 Å². The van der Waals surface area contributed by atoms with E-state index >= 15 is 0 Å². The molecule has 6 aromatic carbocycles. The molecule has 0 heterocycles. The minimum atomic E-state index is -3.15. The maximum atomic E-state index is 8.47. The molecule has 0 aliphatic heterocycles. The van der Waals surface area contributed by atoms with E-state index < -0.39 is 38.0 Å². The zero-order chi connectivity index (χ0) is 43.5. The Bertz CT molecular complexity index is 2180. The first-order valence-corrected chi connectivity index (χ1v) is 31.5. The molecular formula is C54H70O2Si4. The molecule has 6 aromatic rings. The maximum Gasteiger partial charge on any atom is 0.261 e. The first-order chi connectivity index (χ1) is 28.3. The van der Waals surface area contributed by atoms with Gasteiger partial charge >= 0.3 is 0 Å². The monoisotopic (exact) mass is 862 g/mol. The summed E-state index contributed by atoms with van der Waals surface area (Å²) in [5, 5.41) is 7.05. The van der Waals surface area contributed by atoms with Crippen molar-refractivity contribution in [3.05, 3.63) is 182 Å². The van der Waals surface area contributed by atoms with Crippen molar-refractivity contribution in [2.24, 2.45) is 0 Å². The van der Waals surface area contributed by atoms with Crippen molar-refractivity contribution in [1.29, 1.82) is 0 Å². The van der Waals surface area contributed by atoms with Crippen LogP contribution < -0.4 is 31.1 Å². The molecule has 2 atom stereocenters. The van der Waals surface area contributed by atoms with E-state index in [-0.39, 0.29) is 15.3 Å². The third-order valence-electron chi connectivity index (χ3n) is 14.8. The van der Waals surface area contributed by atoms with E-state index in [9.17, 15) is 0 Å². The van der Waals surface area contributed by atoms with Gasteiger partial charge in [0.15, 0.2) is 0 Å². The van der Waals surface area contributed by atoms with E-state index in [1.807, 2.05) is 0 Å². The average molecular weight is 863 g/mol. The third-order valence-corrected chi connectivity index (χ3v) is 36.8. The normalized spacial score (nSPS) is 15.2. The molecule has 0 bridgehead atoms. The Kier molecular flexibility index (Phi) is 13.3. The predicted molar refractivity (Wildman–Crippen MR) is 271 cm³/mol. The second kappa shape index (κ2) is 17.5. The zero-order valence-electron chi connectivity index (χ0n) is 38.6. The van der Waals surface area contributed by atoms with Crippen LogP contribution in [-0.4, -0.2) is 43.2 Å². The number of rotatable bonds is 16. The fourth-order valence-corrected chi connectivity index (χ4v) is 28.0. The maximum absolute atomic E-state index is 8.47. The van der Waals surface area contributed by atoms with Gasteiger partial charge in [0.2, 0.25) is 8.32 Å². The lowest BCUT2D eigenvalue weighted by molar-refractivity contribution is 0.164. The standard InChI is InChI=1S/C54H70O2Si4/c1-51(2,3)59(12,48-37-25-16-26-38-48)55-53(6,7)57(10,45-31-19-13-20-32-45)44-43-52(4,5)60(49-39-27-17-28-40-49,50-41-29-18-30-42-50)56-54(8,9)58(11,46-33-21-14-22-34-46)47-35-23-15-24-36-47/h13-42H,43-44H2,1-12H3. The summed E-state index contributed by atoms with van der Waals surface area (Å²) >= 11 is 0. The smallest absolute Gasteiger partial charge is 0.261 e. The molecule has 0 spiro atoms. The summed E-state index contributed by atoms with van der Waals surface area (Å²) < 4.78 is 16.4. The van der Waals surface area contributed by atoms with Crippen molar-refractivity contribution in [3.8, 4) is 0 Å². The molecule has 6 rings (SSSR count). The van der Waals surface area contributed by atoms with E-state index in [1.54, 1.807) is 0 Å². The van der Waals surface area contributed by atoms with Crippen LogP contribution in [0.5, 0.6) is 0 Å². The topological polar surface area (TPSA) is 18.5 Å². The molecular weight excluding hydrogens is 793 g/mol. The van der Waals surface area contributed by atoms with Gasteiger partial charge in [-0.2, -0.15) is 0 Å². The molecule has 0 saturated carbocycles. The second-order valence-corrected chi connectivity index (χ2v) is 38.2. The van der Waals surface area contributed by atoms with Crippen molar-refractivity contribution in [1.82, 2.24) is 0 Å². The molecule has 0 saturated heterocycles. The molecule has 314 valence electrons. The van der Waals surface area contributed by atoms with Crippen LogP contribution in [0.2, 0.25) is 35.8 Å². The minimum absolute atomic E-state index is 0.0208. The molecule has 0 aromatic heterocycles. The van der Waals surface area contributed by atoms with Gasteiger partial charge in [-0.05, 0) is 66.3 Å². The quantitative estimate of drug-likeness (QED) is 0.0903. The number of hydrogen-bond acceptors (Lipinski definition) is 2. The first-order valence-electron chi connectivity index (χ1n) is 22.0. The Morgan fingerprint density at radius 3 is 1.03 bits per heavy atom. The molecule has 0 amide bonds. The zero-order valence-corrected chi connectivity index (χ0v) is 42.6. The molecule has 0 fully saturated rings. The van der Waals surface area contributed by atoms with E-state index in [0.29, 0.717) is 0 Å². The molecule has 2 nitrogen and oxygen atoms in total. The summed E-state index contributed by atoms with van der Waals surface area (Å²) in [5.41, 5.74) is 0. The van der Waals surface area contributed by atoms with Crippen molar-refractivity contribution in [3.63, 3.8) is 0 Å². The fourth-order valence-electron chi connectivity index (χ4n) is 9.80. The van der Waals surface area contributed by atoms with Gasteiger partial charge in [-0.3, -0.25) is 0 Å². The summed E-state index contributed by atoms with van der Waals surface area (Å²) in [6, 6.07) is 68.6. The summed E-state index contributed by atoms with van der Waals surface area (Å²) in [5.74, 6) is 0. The van der Waals surface area contributed by atoms with Gasteiger partial charge in [0.05, 0.1) is 5.22 Å². The molecule has 0 radical (unpaired) electrons. The van der Waals surface area contributed by atoms with Crippen LogP contribution in [0.4, 0.5) is 0 Å². The second-order valence-electron chi connectivity index (χ2n) is 20.2. The molecule has 0 aliphatic rings. The van der Waals surface area contributed by atoms with Gasteiger partial charge in [0.1, 0.15) is 16.1 Å². The highest BCUT2D eigenvalue weighted by atomic mass is 28.4. The van der Waals surface area contributed by atoms with Crippen LogP contribution in [0.25, 0.3) is 0 Å². The number of benzene rings is 6. The molecule has 2 unspecified atom stereocenters. The van der Waals surface area contributed by atoms with Crippen molar-refractivity contribution in [2.45, 2.75) is 115 Å². The van der Waals surface area contributed by atoms with Crippen LogP contribution >= 0.6 is 0 Å². The summed E-state index contributed by atoms with van der Waals surface area (Å²) in [7, 11) is -10.7. The Morgan fingerprint density at radius 2 is 0.683 bits per heavy atom. The Hall–Kier alpha value is -3.89. The fraction of sp³-hybridized carbons (Fsp3) is 0.333. The Labute approximate surface area is 367 Å². The lowest BCUT2D eigenvalue weighted by Crippen LogP contribution is -2.77. The highest BCUT2D eigenvalue weighted by Gasteiger charge is 2.61. The third kappa shape index (κ3) is 8.36. The summed E-state index contributed by atoms with van der Waals surface area (Å²) in [6.07, 6.45) is 0.984. The van der Waals surface area contributed by atoms with Crippen LogP contribution in [0.15, 0.2) is 182 Å². The lowest BCUT2D eigenvalue weighted by atomic mass is 10.1. The van der Waals surface area contributed by atoms with Gasteiger partial charge in [-0.25, -0.2) is 0 Å². The van der Waals surface area contributed by atoms with Gasteiger partial charge in [0, 0.05) is 5.22 Å². The van der Waals surface area contributed by atoms with E-state index in [1.165, 1.54) is 31.1 Å². The predicted octanol–water partition coefficient (Wildman–Crippen LogP) is 10.7. The van der Waals surface area contributed by atoms with Crippen molar-refractivity contribution >= 4 is 63.9 Å². The van der Waals surface area contributed by atoms with E-state index in [4.69, 9.17) is 8.85 Å². The lowest BCUT2D eigenvalue weighted by Gasteiger charge is -2.55. The van der Waals surface area contributed by atoms with Crippen LogP contribution in [0, 0.1) is 0 Å². The van der Waals surface area contributed by atoms with Crippen LogP contribution in [-0.2, 0) is 8.85 Å². The van der Waals surface area contributed by atoms with Gasteiger partial charge in [-0.1, -0.05) is 251 Å². The van der Waals surface area contributed by atoms with E-state index in [2.05, 4.69) is 264 Å². The van der Waals surface area contributed by atoms with Crippen molar-refractivity contribution in [2.75, 3.05) is 0 Å².